The van der Waals surface area contributed by atoms with Gasteiger partial charge in [-0.2, -0.15) is 9.83 Å². The van der Waals surface area contributed by atoms with Gasteiger partial charge in [0.05, 0.1) is 24.5 Å². The molecule has 8 nitrogen and oxygen atoms in total. The fourth-order valence-corrected chi connectivity index (χ4v) is 4.26. The third-order valence-electron chi connectivity index (χ3n) is 5.74. The van der Waals surface area contributed by atoms with Crippen LogP contribution in [0.25, 0.3) is 5.82 Å². The first-order chi connectivity index (χ1) is 14.1. The van der Waals surface area contributed by atoms with Gasteiger partial charge in [0.1, 0.15) is 0 Å². The molecule has 0 aliphatic heterocycles. The Balaban J connectivity index is 1.43. The summed E-state index contributed by atoms with van der Waals surface area (Å²) in [6, 6.07) is 9.33. The zero-order valence-corrected chi connectivity index (χ0v) is 15.7. The van der Waals surface area contributed by atoms with Gasteiger partial charge in [-0.15, -0.1) is 0 Å². The van der Waals surface area contributed by atoms with Crippen molar-refractivity contribution >= 4 is 5.91 Å². The summed E-state index contributed by atoms with van der Waals surface area (Å²) >= 11 is 0. The average Bonchev–Trinajstić information content (AvgIpc) is 3.23. The number of hydrogen-bond acceptors (Lipinski definition) is 5. The summed E-state index contributed by atoms with van der Waals surface area (Å²) in [7, 11) is 0. The fraction of sp³-hybridized carbons (Fsp3) is 0.333. The molecule has 1 fully saturated rings. The number of amides is 1. The summed E-state index contributed by atoms with van der Waals surface area (Å²) in [6.45, 7) is -0.162. The average molecular weight is 391 g/mol. The molecule has 1 amide bonds. The minimum atomic E-state index is -0.403. The van der Waals surface area contributed by atoms with Gasteiger partial charge in [0.25, 0.3) is 5.91 Å². The van der Waals surface area contributed by atoms with Crippen LogP contribution in [0.15, 0.2) is 48.9 Å². The minimum Gasteiger partial charge on any atom is -0.619 e. The number of hydrogen-bond donors (Lipinski definition) is 2. The Labute approximate surface area is 167 Å². The lowest BCUT2D eigenvalue weighted by atomic mass is 10.1. The molecule has 0 bridgehead atoms. The topological polar surface area (TPSA) is 107 Å². The van der Waals surface area contributed by atoms with E-state index >= 15 is 0 Å². The highest BCUT2D eigenvalue weighted by atomic mass is 16.5. The lowest BCUT2D eigenvalue weighted by Gasteiger charge is -2.16. The maximum absolute atomic E-state index is 13.0. The van der Waals surface area contributed by atoms with Crippen molar-refractivity contribution in [3.63, 3.8) is 0 Å². The van der Waals surface area contributed by atoms with Crippen LogP contribution in [0.3, 0.4) is 0 Å². The highest BCUT2D eigenvalue weighted by Gasteiger charge is 2.50. The van der Waals surface area contributed by atoms with Crippen molar-refractivity contribution in [1.29, 1.82) is 0 Å². The van der Waals surface area contributed by atoms with Crippen molar-refractivity contribution < 1.29 is 14.6 Å². The molecule has 2 heterocycles. The zero-order chi connectivity index (χ0) is 20.0. The molecule has 1 aromatic carbocycles. The summed E-state index contributed by atoms with van der Waals surface area (Å²) < 4.78 is 2.32. The van der Waals surface area contributed by atoms with Crippen molar-refractivity contribution in [2.24, 2.45) is 5.92 Å². The van der Waals surface area contributed by atoms with Crippen molar-refractivity contribution in [2.45, 2.75) is 31.2 Å². The van der Waals surface area contributed by atoms with Crippen LogP contribution in [-0.2, 0) is 12.8 Å². The first kappa shape index (κ1) is 17.8. The quantitative estimate of drug-likeness (QED) is 0.479. The maximum Gasteiger partial charge on any atom is 0.272 e. The third-order valence-corrected chi connectivity index (χ3v) is 5.74. The number of nitrogens with zero attached hydrogens (tertiary/aromatic N) is 4. The predicted octanol–water partition coefficient (Wildman–Crippen LogP) is 0.894. The van der Waals surface area contributed by atoms with E-state index in [1.165, 1.54) is 18.6 Å². The Morgan fingerprint density at radius 2 is 2.21 bits per heavy atom. The number of rotatable bonds is 6. The number of aromatic nitrogens is 4. The fourth-order valence-electron chi connectivity index (χ4n) is 4.26. The smallest absolute Gasteiger partial charge is 0.272 e. The molecule has 2 aliphatic rings. The van der Waals surface area contributed by atoms with Crippen molar-refractivity contribution in [1.82, 2.24) is 20.1 Å². The standard InChI is InChI=1S/C21H21N5O3/c27-12-15(8-13-4-2-1-3-5-13)23-21(28)19-17-10-14-9-16(14)20(17)26(24-19)18-11-25(29)7-6-22-18/h1-7,11,14-16,27H,8-10,12H2,(H,23,28)/t14-,15+,16-/m1/s1. The number of carbonyl (C=O) groups excluding carboxylic acids is 1. The Kier molecular flexibility index (Phi) is 4.28. The lowest BCUT2D eigenvalue weighted by molar-refractivity contribution is -0.605. The van der Waals surface area contributed by atoms with Crippen LogP contribution in [0.5, 0.6) is 0 Å². The van der Waals surface area contributed by atoms with E-state index in [0.717, 1.165) is 29.7 Å². The van der Waals surface area contributed by atoms with E-state index in [-0.39, 0.29) is 12.5 Å². The SMILES string of the molecule is O=C(N[C@H](CO)Cc1ccccc1)c1nn(-c2c[n+]([O-])ccn2)c2c1C[C@H]1C[C@@H]21. The van der Waals surface area contributed by atoms with Gasteiger partial charge >= 0.3 is 0 Å². The Morgan fingerprint density at radius 3 is 2.97 bits per heavy atom. The number of fused-ring (bicyclic) bond motifs is 3. The largest absolute Gasteiger partial charge is 0.619 e. The van der Waals surface area contributed by atoms with E-state index in [1.54, 1.807) is 4.68 Å². The second-order valence-corrected chi connectivity index (χ2v) is 7.75. The second kappa shape index (κ2) is 6.97. The number of carbonyl (C=O) groups is 1. The van der Waals surface area contributed by atoms with Crippen LogP contribution >= 0.6 is 0 Å². The number of aliphatic hydroxyl groups is 1. The normalized spacial score (nSPS) is 20.0. The molecule has 3 atom stereocenters. The molecule has 2 N–H and O–H groups in total. The van der Waals surface area contributed by atoms with E-state index in [2.05, 4.69) is 15.4 Å². The van der Waals surface area contributed by atoms with Crippen LogP contribution in [0.2, 0.25) is 0 Å². The maximum atomic E-state index is 13.0. The highest BCUT2D eigenvalue weighted by Crippen LogP contribution is 2.57. The van der Waals surface area contributed by atoms with Gasteiger partial charge in [-0.1, -0.05) is 30.3 Å². The van der Waals surface area contributed by atoms with Crippen molar-refractivity contribution in [3.05, 3.63) is 76.6 Å². The molecular formula is C21H21N5O3. The van der Waals surface area contributed by atoms with E-state index < -0.39 is 6.04 Å². The van der Waals surface area contributed by atoms with Gasteiger partial charge < -0.3 is 15.6 Å². The predicted molar refractivity (Wildman–Crippen MR) is 103 cm³/mol. The van der Waals surface area contributed by atoms with Gasteiger partial charge in [-0.3, -0.25) is 4.79 Å². The molecule has 0 radical (unpaired) electrons. The van der Waals surface area contributed by atoms with Gasteiger partial charge in [0.2, 0.25) is 12.0 Å². The number of aliphatic hydroxyl groups excluding tert-OH is 1. The van der Waals surface area contributed by atoms with Crippen molar-refractivity contribution in [3.8, 4) is 5.82 Å². The molecule has 2 aromatic heterocycles. The number of benzene rings is 1. The van der Waals surface area contributed by atoms with Crippen LogP contribution < -0.4 is 10.0 Å². The Hall–Kier alpha value is -3.26. The first-order valence-electron chi connectivity index (χ1n) is 9.76. The third kappa shape index (κ3) is 3.25. The summed E-state index contributed by atoms with van der Waals surface area (Å²) in [5.41, 5.74) is 3.32. The molecule has 0 unspecified atom stereocenters. The van der Waals surface area contributed by atoms with Gasteiger partial charge in [0.15, 0.2) is 11.9 Å². The second-order valence-electron chi connectivity index (χ2n) is 7.75. The molecule has 0 spiro atoms. The molecule has 148 valence electrons. The zero-order valence-electron chi connectivity index (χ0n) is 15.7. The summed E-state index contributed by atoms with van der Waals surface area (Å²) in [5, 5.41) is 28.9. The van der Waals surface area contributed by atoms with E-state index in [1.807, 2.05) is 30.3 Å². The Bertz CT molecular complexity index is 1070. The highest BCUT2D eigenvalue weighted by molar-refractivity contribution is 5.94. The Morgan fingerprint density at radius 1 is 1.38 bits per heavy atom. The van der Waals surface area contributed by atoms with Crippen LogP contribution in [0.1, 0.15) is 39.6 Å². The van der Waals surface area contributed by atoms with E-state index in [0.29, 0.717) is 34.5 Å². The van der Waals surface area contributed by atoms with Crippen LogP contribution in [0, 0.1) is 11.1 Å². The number of nitrogens with one attached hydrogen (secondary N) is 1. The van der Waals surface area contributed by atoms with E-state index in [9.17, 15) is 15.1 Å². The molecular weight excluding hydrogens is 370 g/mol. The van der Waals surface area contributed by atoms with E-state index in [4.69, 9.17) is 0 Å². The monoisotopic (exact) mass is 391 g/mol. The van der Waals surface area contributed by atoms with Gasteiger partial charge in [0, 0.05) is 11.5 Å². The molecule has 3 aromatic rings. The lowest BCUT2D eigenvalue weighted by Crippen LogP contribution is -2.39. The summed E-state index contributed by atoms with van der Waals surface area (Å²) in [4.78, 5) is 17.3. The van der Waals surface area contributed by atoms with Gasteiger partial charge in [-0.05, 0) is 30.7 Å². The molecule has 0 saturated heterocycles. The molecule has 8 heteroatoms. The first-order valence-corrected chi connectivity index (χ1v) is 9.76. The molecule has 1 saturated carbocycles. The van der Waals surface area contributed by atoms with Crippen LogP contribution in [0.4, 0.5) is 0 Å². The minimum absolute atomic E-state index is 0.162. The molecule has 5 rings (SSSR count). The van der Waals surface area contributed by atoms with Gasteiger partial charge in [-0.25, -0.2) is 9.67 Å². The summed E-state index contributed by atoms with van der Waals surface area (Å²) in [5.74, 6) is 1.02. The summed E-state index contributed by atoms with van der Waals surface area (Å²) in [6.07, 6.45) is 6.53. The molecule has 2 aliphatic carbocycles. The van der Waals surface area contributed by atoms with Crippen molar-refractivity contribution in [2.75, 3.05) is 6.61 Å². The molecule has 29 heavy (non-hydrogen) atoms. The van der Waals surface area contributed by atoms with Crippen LogP contribution in [-0.4, -0.2) is 38.4 Å².